The number of benzene rings is 2. The number of alkyl halides is 3. The van der Waals surface area contributed by atoms with Crippen molar-refractivity contribution in [2.45, 2.75) is 44.6 Å². The zero-order chi connectivity index (χ0) is 32.9. The molecule has 0 spiro atoms. The third-order valence-corrected chi connectivity index (χ3v) is 5.68. The predicted molar refractivity (Wildman–Crippen MR) is 151 cm³/mol. The quantitative estimate of drug-likeness (QED) is 0.180. The van der Waals surface area contributed by atoms with E-state index >= 15 is 0 Å². The Kier molecular flexibility index (Phi) is 14.0. The largest absolute Gasteiger partial charge is 0.497 e. The fraction of sp³-hybridized carbons (Fsp3) is 0.517. The zero-order valence-corrected chi connectivity index (χ0v) is 25.4. The fourth-order valence-corrected chi connectivity index (χ4v) is 3.66. The first-order valence-corrected chi connectivity index (χ1v) is 13.4. The minimum Gasteiger partial charge on any atom is -0.497 e. The molecule has 2 aromatic carbocycles. The highest BCUT2D eigenvalue weighted by Gasteiger charge is 2.40. The van der Waals surface area contributed by atoms with Crippen molar-refractivity contribution in [2.75, 3.05) is 54.5 Å². The maximum absolute atomic E-state index is 13.1. The Bertz CT molecular complexity index is 1220. The van der Waals surface area contributed by atoms with Gasteiger partial charge in [0.1, 0.15) is 23.9 Å². The first-order chi connectivity index (χ1) is 20.7. The topological polar surface area (TPSA) is 143 Å². The van der Waals surface area contributed by atoms with Gasteiger partial charge in [-0.2, -0.15) is 13.2 Å². The molecule has 15 heteroatoms. The summed E-state index contributed by atoms with van der Waals surface area (Å²) in [5.74, 6) is -1.44. The summed E-state index contributed by atoms with van der Waals surface area (Å²) >= 11 is 0. The number of carbonyl (C=O) groups is 2. The average molecular weight is 633 g/mol. The highest BCUT2D eigenvalue weighted by atomic mass is 19.4. The summed E-state index contributed by atoms with van der Waals surface area (Å²) in [6.45, 7) is 4.47. The van der Waals surface area contributed by atoms with Crippen LogP contribution >= 0.6 is 0 Å². The summed E-state index contributed by atoms with van der Waals surface area (Å²) in [6, 6.07) is 6.80. The van der Waals surface area contributed by atoms with Gasteiger partial charge in [0.15, 0.2) is 11.5 Å². The van der Waals surface area contributed by atoms with Gasteiger partial charge in [-0.15, -0.1) is 0 Å². The van der Waals surface area contributed by atoms with Crippen LogP contribution in [0.4, 0.5) is 18.0 Å². The lowest BCUT2D eigenvalue weighted by atomic mass is 10.1. The summed E-state index contributed by atoms with van der Waals surface area (Å²) < 4.78 is 76.9. The number of nitrogens with one attached hydrogen (secondary N) is 2. The van der Waals surface area contributed by atoms with Gasteiger partial charge in [0.05, 0.1) is 52.7 Å². The van der Waals surface area contributed by atoms with Crippen molar-refractivity contribution in [3.05, 3.63) is 47.5 Å². The first-order valence-electron chi connectivity index (χ1n) is 13.4. The fourth-order valence-electron chi connectivity index (χ4n) is 3.66. The summed E-state index contributed by atoms with van der Waals surface area (Å²) in [7, 11) is 4.23. The van der Waals surface area contributed by atoms with Crippen LogP contribution in [-0.2, 0) is 23.7 Å². The van der Waals surface area contributed by atoms with Crippen molar-refractivity contribution >= 4 is 12.0 Å². The summed E-state index contributed by atoms with van der Waals surface area (Å²) in [6.07, 6.45) is -5.89. The number of ether oxygens (including phenoxy) is 7. The Hall–Kier alpha value is -3.79. The Morgan fingerprint density at radius 2 is 1.55 bits per heavy atom. The monoisotopic (exact) mass is 632 g/mol. The van der Waals surface area contributed by atoms with Crippen LogP contribution in [0.3, 0.4) is 0 Å². The molecule has 0 aliphatic heterocycles. The van der Waals surface area contributed by atoms with Crippen LogP contribution in [0.25, 0.3) is 0 Å². The van der Waals surface area contributed by atoms with E-state index in [1.54, 1.807) is 32.9 Å². The number of rotatable bonds is 16. The number of aliphatic hydroxyl groups is 1. The Morgan fingerprint density at radius 3 is 2.14 bits per heavy atom. The van der Waals surface area contributed by atoms with Gasteiger partial charge in [0.25, 0.3) is 0 Å². The van der Waals surface area contributed by atoms with E-state index in [4.69, 9.17) is 33.2 Å². The molecule has 0 unspecified atom stereocenters. The second kappa shape index (κ2) is 16.9. The highest BCUT2D eigenvalue weighted by molar-refractivity contribution is 5.82. The van der Waals surface area contributed by atoms with Gasteiger partial charge in [-0.3, -0.25) is 4.79 Å². The Labute approximate surface area is 253 Å². The van der Waals surface area contributed by atoms with Crippen molar-refractivity contribution in [1.82, 2.24) is 10.6 Å². The molecule has 0 radical (unpaired) electrons. The van der Waals surface area contributed by atoms with Crippen molar-refractivity contribution < 1.29 is 61.0 Å². The number of alkyl carbamates (subject to hydrolysis) is 1. The lowest BCUT2D eigenvalue weighted by molar-refractivity contribution is -0.175. The second-order valence-electron chi connectivity index (χ2n) is 10.2. The molecule has 3 N–H and O–H groups in total. The second-order valence-corrected chi connectivity index (χ2v) is 10.2. The molecule has 2 rings (SSSR count). The molecule has 0 fully saturated rings. The third kappa shape index (κ3) is 12.1. The molecule has 246 valence electrons. The van der Waals surface area contributed by atoms with Gasteiger partial charge in [-0.05, 0) is 56.2 Å². The van der Waals surface area contributed by atoms with Crippen molar-refractivity contribution in [1.29, 1.82) is 0 Å². The molecule has 0 aliphatic carbocycles. The molecule has 0 aromatic heterocycles. The van der Waals surface area contributed by atoms with E-state index in [0.717, 1.165) is 0 Å². The van der Waals surface area contributed by atoms with Gasteiger partial charge < -0.3 is 48.9 Å². The van der Waals surface area contributed by atoms with Gasteiger partial charge >= 0.3 is 18.2 Å². The van der Waals surface area contributed by atoms with Crippen molar-refractivity contribution in [3.63, 3.8) is 0 Å². The molecule has 0 aliphatic rings. The molecule has 2 amide bonds. The zero-order valence-electron chi connectivity index (χ0n) is 25.4. The van der Waals surface area contributed by atoms with E-state index in [0.29, 0.717) is 5.56 Å². The molecule has 2 atom stereocenters. The molecule has 44 heavy (non-hydrogen) atoms. The first kappa shape index (κ1) is 36.4. The molecule has 0 saturated heterocycles. The number of amides is 2. The lowest BCUT2D eigenvalue weighted by Gasteiger charge is -2.23. The van der Waals surface area contributed by atoms with E-state index in [1.807, 2.05) is 5.32 Å². The van der Waals surface area contributed by atoms with Gasteiger partial charge in [0.2, 0.25) is 0 Å². The summed E-state index contributed by atoms with van der Waals surface area (Å²) in [5.41, 5.74) is -0.153. The minimum absolute atomic E-state index is 0.109. The molecular formula is C29H39F3N2O10. The van der Waals surface area contributed by atoms with E-state index in [2.05, 4.69) is 5.32 Å². The van der Waals surface area contributed by atoms with Gasteiger partial charge in [-0.25, -0.2) is 4.79 Å². The van der Waals surface area contributed by atoms with Crippen LogP contribution in [-0.4, -0.2) is 83.4 Å². The van der Waals surface area contributed by atoms with Gasteiger partial charge in [0, 0.05) is 13.2 Å². The van der Waals surface area contributed by atoms with E-state index in [1.165, 1.54) is 45.6 Å². The molecule has 0 saturated carbocycles. The summed E-state index contributed by atoms with van der Waals surface area (Å²) in [4.78, 5) is 24.2. The number of aliphatic hydroxyl groups excluding tert-OH is 1. The highest BCUT2D eigenvalue weighted by Crippen LogP contribution is 2.37. The maximum atomic E-state index is 13.1. The number of halogens is 3. The SMILES string of the molecule is COCCOCOC[C@@H](NC(=O)C(F)(F)F)c1cc(OC)cc(Oc2cc([C@H](CO)NC(=O)OC(C)(C)C)ccc2OC)c1. The van der Waals surface area contributed by atoms with E-state index in [9.17, 15) is 27.9 Å². The van der Waals surface area contributed by atoms with Gasteiger partial charge in [-0.1, -0.05) is 6.07 Å². The van der Waals surface area contributed by atoms with Crippen LogP contribution in [0, 0.1) is 0 Å². The number of hydrogen-bond donors (Lipinski definition) is 3. The Balaban J connectivity index is 2.39. The molecule has 0 bridgehead atoms. The van der Waals surface area contributed by atoms with E-state index < -0.39 is 42.5 Å². The molecular weight excluding hydrogens is 593 g/mol. The smallest absolute Gasteiger partial charge is 0.471 e. The number of hydrogen-bond acceptors (Lipinski definition) is 10. The van der Waals surface area contributed by atoms with Crippen molar-refractivity contribution in [3.8, 4) is 23.0 Å². The van der Waals surface area contributed by atoms with Crippen LogP contribution in [0.5, 0.6) is 23.0 Å². The standard InChI is InChI=1S/C29H39F3N2O10/c1-28(2,3)44-27(37)34-22(15-35)18-7-8-24(40-6)25(13-18)43-21-12-19(11-20(14-21)39-5)23(33-26(36)29(30,31)32)16-42-17-41-10-9-38-4/h7-8,11-14,22-23,35H,9-10,15-17H2,1-6H3,(H,33,36)(H,34,37)/t22-,23+/m0/s1. The molecule has 0 heterocycles. The van der Waals surface area contributed by atoms with Crippen LogP contribution in [0.2, 0.25) is 0 Å². The van der Waals surface area contributed by atoms with Crippen LogP contribution in [0.1, 0.15) is 44.0 Å². The van der Waals surface area contributed by atoms with E-state index in [-0.39, 0.29) is 55.2 Å². The normalized spacial score (nSPS) is 13.0. The average Bonchev–Trinajstić information content (AvgIpc) is 2.95. The number of carbonyl (C=O) groups excluding carboxylic acids is 2. The predicted octanol–water partition coefficient (Wildman–Crippen LogP) is 4.41. The molecule has 2 aromatic rings. The Morgan fingerprint density at radius 1 is 0.841 bits per heavy atom. The van der Waals surface area contributed by atoms with Crippen LogP contribution in [0.15, 0.2) is 36.4 Å². The van der Waals surface area contributed by atoms with Crippen molar-refractivity contribution in [2.24, 2.45) is 0 Å². The summed E-state index contributed by atoms with van der Waals surface area (Å²) in [5, 5.41) is 14.5. The van der Waals surface area contributed by atoms with Crippen LogP contribution < -0.4 is 24.8 Å². The molecule has 12 nitrogen and oxygen atoms in total. The lowest BCUT2D eigenvalue weighted by Crippen LogP contribution is -2.40. The maximum Gasteiger partial charge on any atom is 0.471 e. The third-order valence-electron chi connectivity index (χ3n) is 5.68. The minimum atomic E-state index is -5.14. The number of methoxy groups -OCH3 is 3.